The Morgan fingerprint density at radius 3 is 3.12 bits per heavy atom. The van der Waals surface area contributed by atoms with Gasteiger partial charge in [-0.3, -0.25) is 0 Å². The molecule has 2 atom stereocenters. The molecule has 2 heterocycles. The van der Waals surface area contributed by atoms with Crippen molar-refractivity contribution in [3.8, 4) is 0 Å². The average Bonchev–Trinajstić information content (AvgIpc) is 2.80. The first kappa shape index (κ1) is 11.5. The highest BCUT2D eigenvalue weighted by Crippen LogP contribution is 2.19. The monoisotopic (exact) mass is 229 g/mol. The molecule has 1 fully saturated rings. The van der Waals surface area contributed by atoms with Crippen molar-refractivity contribution in [2.75, 3.05) is 33.5 Å². The lowest BCUT2D eigenvalue weighted by Crippen LogP contribution is -2.23. The largest absolute Gasteiger partial charge is 0.383 e. The van der Waals surface area contributed by atoms with Gasteiger partial charge in [0.1, 0.15) is 12.1 Å². The van der Waals surface area contributed by atoms with E-state index < -0.39 is 6.04 Å². The third kappa shape index (κ3) is 2.56. The molecule has 7 nitrogen and oxygen atoms in total. The zero-order valence-electron chi connectivity index (χ0n) is 9.09. The van der Waals surface area contributed by atoms with E-state index in [2.05, 4.69) is 10.1 Å². The Labute approximate surface area is 92.8 Å². The Balaban J connectivity index is 2.00. The minimum absolute atomic E-state index is 0.263. The van der Waals surface area contributed by atoms with Gasteiger partial charge in [0, 0.05) is 7.11 Å². The molecule has 0 bridgehead atoms. The molecule has 0 aliphatic carbocycles. The third-order valence-corrected chi connectivity index (χ3v) is 2.22. The van der Waals surface area contributed by atoms with Gasteiger partial charge in [-0.2, -0.15) is 4.98 Å². The summed E-state index contributed by atoms with van der Waals surface area (Å²) in [6.07, 6.45) is -0.263. The van der Waals surface area contributed by atoms with Crippen molar-refractivity contribution in [1.82, 2.24) is 10.1 Å². The lowest BCUT2D eigenvalue weighted by Gasteiger charge is -2.19. The van der Waals surface area contributed by atoms with E-state index in [0.29, 0.717) is 38.1 Å². The van der Waals surface area contributed by atoms with Crippen LogP contribution in [0.5, 0.6) is 0 Å². The van der Waals surface area contributed by atoms with Crippen molar-refractivity contribution in [1.29, 1.82) is 0 Å². The van der Waals surface area contributed by atoms with Gasteiger partial charge in [0.25, 0.3) is 0 Å². The molecule has 0 amide bonds. The number of ether oxygens (including phenoxy) is 3. The van der Waals surface area contributed by atoms with Crippen LogP contribution in [0.2, 0.25) is 0 Å². The maximum absolute atomic E-state index is 5.76. The highest BCUT2D eigenvalue weighted by Gasteiger charge is 2.24. The quantitative estimate of drug-likeness (QED) is 0.764. The van der Waals surface area contributed by atoms with Gasteiger partial charge in [0.2, 0.25) is 11.7 Å². The second kappa shape index (κ2) is 5.35. The second-order valence-electron chi connectivity index (χ2n) is 3.49. The van der Waals surface area contributed by atoms with E-state index >= 15 is 0 Å². The van der Waals surface area contributed by atoms with Crippen LogP contribution in [0.25, 0.3) is 0 Å². The first-order chi connectivity index (χ1) is 7.81. The van der Waals surface area contributed by atoms with E-state index in [1.807, 2.05) is 0 Å². The lowest BCUT2D eigenvalue weighted by atomic mass is 10.3. The summed E-state index contributed by atoms with van der Waals surface area (Å²) in [7, 11) is 1.56. The van der Waals surface area contributed by atoms with Gasteiger partial charge in [-0.05, 0) is 0 Å². The molecule has 2 unspecified atom stereocenters. The molecule has 1 saturated heterocycles. The molecular formula is C9H15N3O4. The maximum atomic E-state index is 5.76. The number of aromatic nitrogens is 2. The minimum Gasteiger partial charge on any atom is -0.383 e. The molecule has 1 aliphatic rings. The van der Waals surface area contributed by atoms with Crippen molar-refractivity contribution in [3.63, 3.8) is 0 Å². The fraction of sp³-hybridized carbons (Fsp3) is 0.778. The zero-order chi connectivity index (χ0) is 11.4. The number of methoxy groups -OCH3 is 1. The van der Waals surface area contributed by atoms with Crippen LogP contribution >= 0.6 is 0 Å². The van der Waals surface area contributed by atoms with Gasteiger partial charge < -0.3 is 24.5 Å². The summed E-state index contributed by atoms with van der Waals surface area (Å²) in [4.78, 5) is 4.16. The van der Waals surface area contributed by atoms with Gasteiger partial charge >= 0.3 is 0 Å². The summed E-state index contributed by atoms with van der Waals surface area (Å²) in [5.74, 6) is 0.826. The van der Waals surface area contributed by atoms with Crippen molar-refractivity contribution < 1.29 is 18.7 Å². The van der Waals surface area contributed by atoms with Gasteiger partial charge in [-0.1, -0.05) is 5.16 Å². The van der Waals surface area contributed by atoms with Crippen LogP contribution in [0.3, 0.4) is 0 Å². The van der Waals surface area contributed by atoms with Crippen LogP contribution in [0.4, 0.5) is 0 Å². The maximum Gasteiger partial charge on any atom is 0.246 e. The van der Waals surface area contributed by atoms with Crippen molar-refractivity contribution in [2.24, 2.45) is 5.73 Å². The smallest absolute Gasteiger partial charge is 0.246 e. The zero-order valence-corrected chi connectivity index (χ0v) is 9.09. The van der Waals surface area contributed by atoms with Crippen molar-refractivity contribution >= 4 is 0 Å². The number of hydrogen-bond donors (Lipinski definition) is 1. The SMILES string of the molecule is COCC(N)c1nc(C2COCCO2)no1. The summed E-state index contributed by atoms with van der Waals surface area (Å²) in [6, 6.07) is -0.407. The van der Waals surface area contributed by atoms with Gasteiger partial charge in [0.05, 0.1) is 26.4 Å². The standard InChI is InChI=1S/C9H15N3O4/c1-13-4-6(10)9-11-8(12-16-9)7-5-14-2-3-15-7/h6-7H,2-5,10H2,1H3. The van der Waals surface area contributed by atoms with E-state index in [9.17, 15) is 0 Å². The highest BCUT2D eigenvalue weighted by atomic mass is 16.6. The van der Waals surface area contributed by atoms with Crippen LogP contribution in [0.15, 0.2) is 4.52 Å². The second-order valence-corrected chi connectivity index (χ2v) is 3.49. The van der Waals surface area contributed by atoms with Crippen molar-refractivity contribution in [3.05, 3.63) is 11.7 Å². The topological polar surface area (TPSA) is 92.6 Å². The lowest BCUT2D eigenvalue weighted by molar-refractivity contribution is -0.0941. The molecule has 1 aromatic heterocycles. The highest BCUT2D eigenvalue weighted by molar-refractivity contribution is 4.95. The summed E-state index contributed by atoms with van der Waals surface area (Å²) >= 11 is 0. The summed E-state index contributed by atoms with van der Waals surface area (Å²) in [6.45, 7) is 1.92. The normalized spacial score (nSPS) is 23.2. The number of rotatable bonds is 4. The molecule has 0 spiro atoms. The van der Waals surface area contributed by atoms with E-state index in [1.54, 1.807) is 7.11 Å². The Hall–Kier alpha value is -1.02. The van der Waals surface area contributed by atoms with E-state index in [0.717, 1.165) is 0 Å². The fourth-order valence-electron chi connectivity index (χ4n) is 1.42. The molecule has 2 N–H and O–H groups in total. The Bertz CT molecular complexity index is 324. The predicted octanol–water partition coefficient (Wildman–Crippen LogP) is -0.196. The molecule has 0 aromatic carbocycles. The molecular weight excluding hydrogens is 214 g/mol. The average molecular weight is 229 g/mol. The number of nitrogens with zero attached hydrogens (tertiary/aromatic N) is 2. The molecule has 0 radical (unpaired) electrons. The molecule has 7 heteroatoms. The minimum atomic E-state index is -0.407. The van der Waals surface area contributed by atoms with E-state index in [-0.39, 0.29) is 6.10 Å². The first-order valence-corrected chi connectivity index (χ1v) is 5.08. The van der Waals surface area contributed by atoms with Crippen LogP contribution in [0, 0.1) is 0 Å². The third-order valence-electron chi connectivity index (χ3n) is 2.22. The molecule has 1 aliphatic heterocycles. The Morgan fingerprint density at radius 1 is 1.56 bits per heavy atom. The summed E-state index contributed by atoms with van der Waals surface area (Å²) in [5.41, 5.74) is 5.76. The predicted molar refractivity (Wildman–Crippen MR) is 52.6 cm³/mol. The van der Waals surface area contributed by atoms with E-state index in [4.69, 9.17) is 24.5 Å². The molecule has 16 heavy (non-hydrogen) atoms. The van der Waals surface area contributed by atoms with Gasteiger partial charge in [-0.25, -0.2) is 0 Å². The van der Waals surface area contributed by atoms with Gasteiger partial charge in [-0.15, -0.1) is 0 Å². The fourth-order valence-corrected chi connectivity index (χ4v) is 1.42. The summed E-state index contributed by atoms with van der Waals surface area (Å²) < 4.78 is 20.6. The van der Waals surface area contributed by atoms with Crippen molar-refractivity contribution in [2.45, 2.75) is 12.1 Å². The number of hydrogen-bond acceptors (Lipinski definition) is 7. The molecule has 90 valence electrons. The summed E-state index contributed by atoms with van der Waals surface area (Å²) in [5, 5.41) is 3.82. The Kier molecular flexibility index (Phi) is 3.83. The Morgan fingerprint density at radius 2 is 2.44 bits per heavy atom. The number of nitrogens with two attached hydrogens (primary N) is 1. The van der Waals surface area contributed by atoms with Crippen LogP contribution in [0.1, 0.15) is 23.9 Å². The molecule has 0 saturated carbocycles. The van der Waals surface area contributed by atoms with Crippen LogP contribution in [-0.4, -0.2) is 43.7 Å². The first-order valence-electron chi connectivity index (χ1n) is 5.08. The van der Waals surface area contributed by atoms with Gasteiger partial charge in [0.15, 0.2) is 0 Å². The molecule has 1 aromatic rings. The van der Waals surface area contributed by atoms with Crippen LogP contribution < -0.4 is 5.73 Å². The molecule has 2 rings (SSSR count). The van der Waals surface area contributed by atoms with Crippen LogP contribution in [-0.2, 0) is 14.2 Å². The van der Waals surface area contributed by atoms with E-state index in [1.165, 1.54) is 0 Å².